The number of aryl methyl sites for hydroxylation is 1. The lowest BCUT2D eigenvalue weighted by Gasteiger charge is -2.12. The van der Waals surface area contributed by atoms with E-state index >= 15 is 0 Å². The molecule has 33 heavy (non-hydrogen) atoms. The van der Waals surface area contributed by atoms with Crippen LogP contribution in [0.1, 0.15) is 41.1 Å². The van der Waals surface area contributed by atoms with Gasteiger partial charge in [0.15, 0.2) is 0 Å². The average molecular weight is 442 g/mol. The molecule has 3 N–H and O–H groups in total. The summed E-state index contributed by atoms with van der Waals surface area (Å²) in [6, 6.07) is 30.3. The van der Waals surface area contributed by atoms with Crippen molar-refractivity contribution in [3.05, 3.63) is 113 Å². The van der Waals surface area contributed by atoms with Crippen molar-refractivity contribution in [3.63, 3.8) is 0 Å². The topological polar surface area (TPSA) is 72.5 Å². The Kier molecular flexibility index (Phi) is 8.22. The number of hydrogen-bond acceptors (Lipinski definition) is 3. The summed E-state index contributed by atoms with van der Waals surface area (Å²) < 4.78 is 5.14. The number of rotatable bonds is 6. The number of aliphatic carboxylic acids is 1. The van der Waals surface area contributed by atoms with Gasteiger partial charge in [-0.05, 0) is 59.9 Å². The first-order valence-electron chi connectivity index (χ1n) is 11.0. The minimum atomic E-state index is -0.808. The molecule has 4 heteroatoms. The van der Waals surface area contributed by atoms with Crippen LogP contribution in [-0.2, 0) is 11.2 Å². The van der Waals surface area contributed by atoms with E-state index in [1.54, 1.807) is 14.0 Å². The van der Waals surface area contributed by atoms with E-state index in [-0.39, 0.29) is 6.04 Å². The van der Waals surface area contributed by atoms with Crippen molar-refractivity contribution < 1.29 is 14.6 Å². The van der Waals surface area contributed by atoms with Crippen molar-refractivity contribution in [1.82, 2.24) is 0 Å². The smallest absolute Gasteiger partial charge is 0.310 e. The van der Waals surface area contributed by atoms with Gasteiger partial charge in [0.05, 0.1) is 13.0 Å². The van der Waals surface area contributed by atoms with E-state index in [2.05, 4.69) is 43.3 Å². The molecule has 4 nitrogen and oxygen atoms in total. The Morgan fingerprint density at radius 2 is 1.52 bits per heavy atom. The molecule has 0 heterocycles. The molecule has 0 aromatic heterocycles. The highest BCUT2D eigenvalue weighted by atomic mass is 16.5. The molecule has 0 aliphatic rings. The number of ether oxygens (including phenoxy) is 1. The Morgan fingerprint density at radius 3 is 2.15 bits per heavy atom. The molecule has 0 bridgehead atoms. The summed E-state index contributed by atoms with van der Waals surface area (Å²) in [6.45, 7) is 3.79. The Balaban J connectivity index is 0.000000186. The maximum atomic E-state index is 10.9. The number of benzene rings is 4. The first-order chi connectivity index (χ1) is 15.9. The summed E-state index contributed by atoms with van der Waals surface area (Å²) in [7, 11) is 1.63. The van der Waals surface area contributed by atoms with Gasteiger partial charge >= 0.3 is 5.97 Å². The molecule has 0 unspecified atom stereocenters. The maximum absolute atomic E-state index is 10.9. The second-order valence-corrected chi connectivity index (χ2v) is 8.24. The van der Waals surface area contributed by atoms with Crippen LogP contribution in [0.3, 0.4) is 0 Å². The lowest BCUT2D eigenvalue weighted by atomic mass is 9.98. The van der Waals surface area contributed by atoms with Gasteiger partial charge in [0, 0.05) is 6.04 Å². The van der Waals surface area contributed by atoms with Crippen LogP contribution in [0, 0.1) is 6.92 Å². The van der Waals surface area contributed by atoms with Gasteiger partial charge in [0.2, 0.25) is 0 Å². The highest BCUT2D eigenvalue weighted by Crippen LogP contribution is 2.25. The average Bonchev–Trinajstić information content (AvgIpc) is 2.85. The Bertz CT molecular complexity index is 1190. The van der Waals surface area contributed by atoms with Crippen LogP contribution in [0.4, 0.5) is 0 Å². The third kappa shape index (κ3) is 6.67. The fraction of sp³-hybridized carbons (Fsp3) is 0.207. The van der Waals surface area contributed by atoms with E-state index in [1.807, 2.05) is 54.6 Å². The number of methoxy groups -OCH3 is 1. The SMILES string of the molecule is COc1ccc2cc([C@H](C)C(=O)O)ccc2c1.Cc1ccc(C[C@H](N)c2ccccc2)cc1. The van der Waals surface area contributed by atoms with Crippen molar-refractivity contribution >= 4 is 16.7 Å². The van der Waals surface area contributed by atoms with Crippen molar-refractivity contribution in [2.24, 2.45) is 5.73 Å². The summed E-state index contributed by atoms with van der Waals surface area (Å²) in [5, 5.41) is 11.0. The van der Waals surface area contributed by atoms with Crippen molar-refractivity contribution in [2.75, 3.05) is 7.11 Å². The van der Waals surface area contributed by atoms with Crippen LogP contribution in [-0.4, -0.2) is 18.2 Å². The van der Waals surface area contributed by atoms with Crippen molar-refractivity contribution in [1.29, 1.82) is 0 Å². The number of hydrogen-bond donors (Lipinski definition) is 2. The van der Waals surface area contributed by atoms with E-state index in [1.165, 1.54) is 16.7 Å². The second-order valence-electron chi connectivity index (χ2n) is 8.24. The third-order valence-corrected chi connectivity index (χ3v) is 5.75. The normalized spacial score (nSPS) is 12.4. The molecular weight excluding hydrogens is 410 g/mol. The zero-order valence-corrected chi connectivity index (χ0v) is 19.4. The monoisotopic (exact) mass is 441 g/mol. The van der Waals surface area contributed by atoms with E-state index in [0.717, 1.165) is 28.5 Å². The quantitative estimate of drug-likeness (QED) is 0.370. The van der Waals surface area contributed by atoms with Gasteiger partial charge in [0.25, 0.3) is 0 Å². The summed E-state index contributed by atoms with van der Waals surface area (Å²) in [5.41, 5.74) is 10.8. The molecule has 0 spiro atoms. The molecular formula is C29H31NO3. The van der Waals surface area contributed by atoms with Crippen LogP contribution in [0.15, 0.2) is 91.0 Å². The Labute approximate surface area is 195 Å². The molecule has 0 fully saturated rings. The molecule has 170 valence electrons. The van der Waals surface area contributed by atoms with Gasteiger partial charge < -0.3 is 15.6 Å². The van der Waals surface area contributed by atoms with Gasteiger partial charge in [-0.1, -0.05) is 84.4 Å². The van der Waals surface area contributed by atoms with E-state index < -0.39 is 11.9 Å². The highest BCUT2D eigenvalue weighted by Gasteiger charge is 2.13. The molecule has 0 aliphatic carbocycles. The number of carbonyl (C=O) groups is 1. The molecule has 4 aromatic rings. The number of carboxylic acids is 1. The zero-order chi connectivity index (χ0) is 23.8. The summed E-state index contributed by atoms with van der Waals surface area (Å²) in [6.07, 6.45) is 0.893. The molecule has 4 rings (SSSR count). The van der Waals surface area contributed by atoms with Gasteiger partial charge in [-0.2, -0.15) is 0 Å². The van der Waals surface area contributed by atoms with Crippen LogP contribution in [0.5, 0.6) is 5.75 Å². The molecule has 4 aromatic carbocycles. The Hall–Kier alpha value is -3.63. The molecule has 2 atom stereocenters. The van der Waals surface area contributed by atoms with Crippen molar-refractivity contribution in [2.45, 2.75) is 32.2 Å². The lowest BCUT2D eigenvalue weighted by Crippen LogP contribution is -2.13. The van der Waals surface area contributed by atoms with Gasteiger partial charge in [-0.15, -0.1) is 0 Å². The summed E-state index contributed by atoms with van der Waals surface area (Å²) >= 11 is 0. The van der Waals surface area contributed by atoms with Crippen LogP contribution in [0.25, 0.3) is 10.8 Å². The third-order valence-electron chi connectivity index (χ3n) is 5.75. The highest BCUT2D eigenvalue weighted by molar-refractivity contribution is 5.86. The summed E-state index contributed by atoms with van der Waals surface area (Å²) in [4.78, 5) is 10.9. The predicted molar refractivity (Wildman–Crippen MR) is 135 cm³/mol. The molecule has 0 saturated carbocycles. The lowest BCUT2D eigenvalue weighted by molar-refractivity contribution is -0.138. The van der Waals surface area contributed by atoms with Crippen LogP contribution in [0.2, 0.25) is 0 Å². The Morgan fingerprint density at radius 1 is 0.879 bits per heavy atom. The van der Waals surface area contributed by atoms with Gasteiger partial charge in [0.1, 0.15) is 5.75 Å². The zero-order valence-electron chi connectivity index (χ0n) is 19.4. The van der Waals surface area contributed by atoms with Crippen LogP contribution < -0.4 is 10.5 Å². The molecule has 0 amide bonds. The first kappa shape index (κ1) is 24.0. The van der Waals surface area contributed by atoms with Gasteiger partial charge in [-0.25, -0.2) is 0 Å². The number of fused-ring (bicyclic) bond motifs is 1. The minimum Gasteiger partial charge on any atom is -0.497 e. The molecule has 0 aliphatic heterocycles. The maximum Gasteiger partial charge on any atom is 0.310 e. The minimum absolute atomic E-state index is 0.0870. The van der Waals surface area contributed by atoms with E-state index in [4.69, 9.17) is 15.6 Å². The standard InChI is InChI=1S/C15H17N.C14H14O3/c1-12-7-9-13(10-8-12)11-15(16)14-5-3-2-4-6-14;1-9(14(15)16)10-3-4-12-8-13(17-2)6-5-11(12)7-10/h2-10,15H,11,16H2,1H3;3-9H,1-2H3,(H,15,16)/t15-;9-/m00/s1. The fourth-order valence-electron chi connectivity index (χ4n) is 3.58. The first-order valence-corrected chi connectivity index (χ1v) is 11.0. The second kappa shape index (κ2) is 11.3. The molecule has 0 radical (unpaired) electrons. The molecule has 0 saturated heterocycles. The van der Waals surface area contributed by atoms with E-state index in [9.17, 15) is 4.79 Å². The number of carboxylic acid groups (broad SMARTS) is 1. The number of nitrogens with two attached hydrogens (primary N) is 1. The largest absolute Gasteiger partial charge is 0.497 e. The van der Waals surface area contributed by atoms with Crippen molar-refractivity contribution in [3.8, 4) is 5.75 Å². The van der Waals surface area contributed by atoms with Gasteiger partial charge in [-0.3, -0.25) is 4.79 Å². The predicted octanol–water partition coefficient (Wildman–Crippen LogP) is 6.27. The van der Waals surface area contributed by atoms with E-state index in [0.29, 0.717) is 0 Å². The fourth-order valence-corrected chi connectivity index (χ4v) is 3.58. The van der Waals surface area contributed by atoms with Crippen LogP contribution >= 0.6 is 0 Å². The summed E-state index contributed by atoms with van der Waals surface area (Å²) in [5.74, 6) is -0.490.